The van der Waals surface area contributed by atoms with E-state index in [4.69, 9.17) is 0 Å². The molecule has 0 unspecified atom stereocenters. The highest BCUT2D eigenvalue weighted by atomic mass is 32.2. The van der Waals surface area contributed by atoms with Gasteiger partial charge in [-0.2, -0.15) is 0 Å². The van der Waals surface area contributed by atoms with Gasteiger partial charge in [-0.3, -0.25) is 0 Å². The molecule has 0 radical (unpaired) electrons. The van der Waals surface area contributed by atoms with Gasteiger partial charge in [0.25, 0.3) is 0 Å². The first kappa shape index (κ1) is 20.7. The molecule has 1 saturated heterocycles. The van der Waals surface area contributed by atoms with Gasteiger partial charge in [-0.15, -0.1) is 5.10 Å². The average molecular weight is 448 g/mol. The summed E-state index contributed by atoms with van der Waals surface area (Å²) in [5.74, 6) is 1.12. The Balaban J connectivity index is 1.39. The molecule has 4 aromatic rings. The second-order valence-electron chi connectivity index (χ2n) is 8.20. The van der Waals surface area contributed by atoms with Gasteiger partial charge < -0.3 is 10.6 Å². The fourth-order valence-corrected chi connectivity index (χ4v) is 4.80. The highest BCUT2D eigenvalue weighted by Crippen LogP contribution is 2.27. The molecule has 32 heavy (non-hydrogen) atoms. The first-order valence-corrected chi connectivity index (χ1v) is 12.6. The third kappa shape index (κ3) is 4.24. The number of aromatic nitrogens is 3. The average Bonchev–Trinajstić information content (AvgIpc) is 3.23. The lowest BCUT2D eigenvalue weighted by Gasteiger charge is -2.23. The quantitative estimate of drug-likeness (QED) is 0.481. The highest BCUT2D eigenvalue weighted by molar-refractivity contribution is 7.90. The molecule has 7 nitrogen and oxygen atoms in total. The van der Waals surface area contributed by atoms with Crippen LogP contribution in [0.15, 0.2) is 71.8 Å². The first-order chi connectivity index (χ1) is 15.5. The lowest BCUT2D eigenvalue weighted by atomic mass is 9.90. The van der Waals surface area contributed by atoms with E-state index in [-0.39, 0.29) is 0 Å². The summed E-state index contributed by atoms with van der Waals surface area (Å²) < 4.78 is 25.3. The first-order valence-electron chi connectivity index (χ1n) is 10.7. The summed E-state index contributed by atoms with van der Waals surface area (Å²) in [7, 11) is -3.23. The predicted molar refractivity (Wildman–Crippen MR) is 126 cm³/mol. The summed E-state index contributed by atoms with van der Waals surface area (Å²) in [4.78, 5) is 4.74. The van der Waals surface area contributed by atoms with Gasteiger partial charge in [0.15, 0.2) is 9.84 Å². The minimum absolute atomic E-state index is 0.298. The third-order valence-electron chi connectivity index (χ3n) is 5.95. The summed E-state index contributed by atoms with van der Waals surface area (Å²) in [5.41, 5.74) is 4.92. The molecule has 0 bridgehead atoms. The Morgan fingerprint density at radius 2 is 1.69 bits per heavy atom. The van der Waals surface area contributed by atoms with Gasteiger partial charge in [0.05, 0.1) is 22.3 Å². The Labute approximate surface area is 187 Å². The number of sulfone groups is 1. The maximum absolute atomic E-state index is 11.7. The van der Waals surface area contributed by atoms with E-state index in [0.717, 1.165) is 35.6 Å². The maximum atomic E-state index is 11.7. The van der Waals surface area contributed by atoms with Crippen LogP contribution >= 0.6 is 0 Å². The molecule has 3 heterocycles. The van der Waals surface area contributed by atoms with Crippen molar-refractivity contribution in [2.24, 2.45) is 0 Å². The van der Waals surface area contributed by atoms with Crippen molar-refractivity contribution in [2.75, 3.05) is 24.7 Å². The van der Waals surface area contributed by atoms with Crippen LogP contribution in [0.1, 0.15) is 24.3 Å². The molecule has 1 aliphatic rings. The molecule has 0 spiro atoms. The van der Waals surface area contributed by atoms with Crippen LogP contribution in [0.5, 0.6) is 0 Å². The van der Waals surface area contributed by atoms with Crippen molar-refractivity contribution in [1.82, 2.24) is 19.9 Å². The van der Waals surface area contributed by atoms with Crippen LogP contribution in [0.4, 0.5) is 11.6 Å². The molecule has 1 aliphatic heterocycles. The highest BCUT2D eigenvalue weighted by Gasteiger charge is 2.15. The summed E-state index contributed by atoms with van der Waals surface area (Å²) in [6, 6.07) is 19.2. The van der Waals surface area contributed by atoms with Crippen LogP contribution in [0.2, 0.25) is 0 Å². The molecule has 0 aliphatic carbocycles. The van der Waals surface area contributed by atoms with Gasteiger partial charge in [-0.05, 0) is 73.8 Å². The molecular weight excluding hydrogens is 422 g/mol. The van der Waals surface area contributed by atoms with E-state index in [2.05, 4.69) is 45.0 Å². The van der Waals surface area contributed by atoms with Crippen molar-refractivity contribution in [3.63, 3.8) is 0 Å². The van der Waals surface area contributed by atoms with E-state index in [1.807, 2.05) is 16.6 Å². The van der Waals surface area contributed by atoms with Gasteiger partial charge in [0.1, 0.15) is 0 Å². The zero-order valence-electron chi connectivity index (χ0n) is 17.8. The van der Waals surface area contributed by atoms with E-state index in [0.29, 0.717) is 16.8 Å². The Kier molecular flexibility index (Phi) is 5.40. The number of hydrogen-bond acceptors (Lipinski definition) is 6. The van der Waals surface area contributed by atoms with Crippen molar-refractivity contribution >= 4 is 27.0 Å². The maximum Gasteiger partial charge on any atom is 0.245 e. The van der Waals surface area contributed by atoms with Crippen molar-refractivity contribution < 1.29 is 8.42 Å². The standard InChI is InChI=1S/C24H25N5O2S/c1-32(30,31)22-9-4-19(5-10-22)23-11-8-21-16-26-24(28-29(21)23)27-20-6-2-17(3-7-20)18-12-14-25-15-13-18/h2-11,16,18,25H,12-15H2,1H3,(H,27,28). The summed E-state index contributed by atoms with van der Waals surface area (Å²) in [5, 5.41) is 11.4. The van der Waals surface area contributed by atoms with Crippen LogP contribution in [-0.4, -0.2) is 42.4 Å². The topological polar surface area (TPSA) is 88.4 Å². The lowest BCUT2D eigenvalue weighted by Crippen LogP contribution is -2.26. The van der Waals surface area contributed by atoms with Gasteiger partial charge >= 0.3 is 0 Å². The molecule has 5 rings (SSSR count). The monoisotopic (exact) mass is 447 g/mol. The molecular formula is C24H25N5O2S. The molecule has 0 atom stereocenters. The molecule has 2 aromatic carbocycles. The smallest absolute Gasteiger partial charge is 0.245 e. The summed E-state index contributed by atoms with van der Waals surface area (Å²) in [6.07, 6.45) is 5.33. The normalized spacial score (nSPS) is 15.2. The number of rotatable bonds is 5. The Bertz CT molecular complexity index is 1340. The van der Waals surface area contributed by atoms with Crippen LogP contribution < -0.4 is 10.6 Å². The predicted octanol–water partition coefficient (Wildman–Crippen LogP) is 4.01. The van der Waals surface area contributed by atoms with Gasteiger partial charge in [0.2, 0.25) is 5.95 Å². The number of fused-ring (bicyclic) bond motifs is 1. The Hall–Kier alpha value is -3.23. The van der Waals surface area contributed by atoms with Crippen LogP contribution in [0, 0.1) is 0 Å². The van der Waals surface area contributed by atoms with Crippen LogP contribution in [0.25, 0.3) is 16.8 Å². The van der Waals surface area contributed by atoms with E-state index < -0.39 is 9.84 Å². The van der Waals surface area contributed by atoms with Crippen LogP contribution in [0.3, 0.4) is 0 Å². The largest absolute Gasteiger partial charge is 0.323 e. The number of piperidine rings is 1. The molecule has 8 heteroatoms. The van der Waals surface area contributed by atoms with Crippen molar-refractivity contribution in [1.29, 1.82) is 0 Å². The SMILES string of the molecule is CS(=O)(=O)c1ccc(-c2ccc3cnc(Nc4ccc(C5CCNCC5)cc4)nn23)cc1. The second kappa shape index (κ2) is 8.37. The van der Waals surface area contributed by atoms with Gasteiger partial charge in [-0.1, -0.05) is 24.3 Å². The van der Waals surface area contributed by atoms with E-state index in [1.165, 1.54) is 24.7 Å². The number of hydrogen-bond donors (Lipinski definition) is 2. The van der Waals surface area contributed by atoms with Crippen molar-refractivity contribution in [3.05, 3.63) is 72.4 Å². The van der Waals surface area contributed by atoms with Crippen molar-refractivity contribution in [2.45, 2.75) is 23.7 Å². The fourth-order valence-electron chi connectivity index (χ4n) is 4.17. The van der Waals surface area contributed by atoms with E-state index in [9.17, 15) is 8.42 Å². The minimum Gasteiger partial charge on any atom is -0.323 e. The number of anilines is 2. The third-order valence-corrected chi connectivity index (χ3v) is 7.08. The van der Waals surface area contributed by atoms with Gasteiger partial charge in [0, 0.05) is 17.5 Å². The van der Waals surface area contributed by atoms with Gasteiger partial charge in [-0.25, -0.2) is 17.9 Å². The second-order valence-corrected chi connectivity index (χ2v) is 10.2. The zero-order valence-corrected chi connectivity index (χ0v) is 18.6. The Morgan fingerprint density at radius 3 is 2.38 bits per heavy atom. The van der Waals surface area contributed by atoms with E-state index in [1.54, 1.807) is 30.5 Å². The van der Waals surface area contributed by atoms with E-state index >= 15 is 0 Å². The molecule has 1 fully saturated rings. The molecule has 2 N–H and O–H groups in total. The lowest BCUT2D eigenvalue weighted by molar-refractivity contribution is 0.460. The molecule has 0 amide bonds. The van der Waals surface area contributed by atoms with Crippen LogP contribution in [-0.2, 0) is 9.84 Å². The number of benzene rings is 2. The zero-order chi connectivity index (χ0) is 22.1. The van der Waals surface area contributed by atoms with Crippen molar-refractivity contribution in [3.8, 4) is 11.3 Å². The summed E-state index contributed by atoms with van der Waals surface area (Å²) >= 11 is 0. The fraction of sp³-hybridized carbons (Fsp3) is 0.250. The molecule has 0 saturated carbocycles. The number of nitrogens with one attached hydrogen (secondary N) is 2. The summed E-state index contributed by atoms with van der Waals surface area (Å²) in [6.45, 7) is 2.16. The number of nitrogens with zero attached hydrogens (tertiary/aromatic N) is 3. The Morgan fingerprint density at radius 1 is 0.969 bits per heavy atom. The minimum atomic E-state index is -3.23. The molecule has 2 aromatic heterocycles. The molecule has 164 valence electrons.